The number of hydrogen-bond donors (Lipinski definition) is 0. The average molecular weight is 503 g/mol. The second kappa shape index (κ2) is 10.6. The third-order valence-electron chi connectivity index (χ3n) is 4.44. The van der Waals surface area contributed by atoms with Crippen LogP contribution in [0.2, 0.25) is 5.02 Å². The van der Waals surface area contributed by atoms with Gasteiger partial charge in [0.25, 0.3) is 5.91 Å². The molecule has 0 saturated heterocycles. The van der Waals surface area contributed by atoms with E-state index in [1.807, 2.05) is 42.5 Å². The number of carbonyl (C=O) groups excluding carboxylic acids is 1. The molecule has 0 fully saturated rings. The summed E-state index contributed by atoms with van der Waals surface area (Å²) in [4.78, 5) is 22.0. The Morgan fingerprint density at radius 2 is 1.79 bits per heavy atom. The van der Waals surface area contributed by atoms with Crippen molar-refractivity contribution in [1.29, 1.82) is 0 Å². The first-order valence-corrected chi connectivity index (χ1v) is 10.9. The third kappa shape index (κ3) is 5.45. The normalized spacial score (nSPS) is 10.9. The molecule has 0 aliphatic heterocycles. The van der Waals surface area contributed by atoms with E-state index in [4.69, 9.17) is 11.6 Å². The quantitative estimate of drug-likeness (QED) is 0.390. The summed E-state index contributed by atoms with van der Waals surface area (Å²) >= 11 is 11.0. The summed E-state index contributed by atoms with van der Waals surface area (Å²) < 4.78 is 1.93. The smallest absolute Gasteiger partial charge is 0.260 e. The number of benzene rings is 2. The average Bonchev–Trinajstić information content (AvgIpc) is 3.08. The topological polar surface area (TPSA) is 36.4 Å². The molecule has 8 heteroatoms. The first kappa shape index (κ1) is 23.1. The maximum absolute atomic E-state index is 13.2. The molecule has 0 radical (unpaired) electrons. The van der Waals surface area contributed by atoms with E-state index in [-0.39, 0.29) is 18.3 Å². The number of fused-ring (bicyclic) bond motifs is 1. The van der Waals surface area contributed by atoms with Gasteiger partial charge in [0, 0.05) is 28.1 Å². The molecule has 3 aromatic rings. The molecule has 0 saturated carbocycles. The number of halogens is 3. The molecule has 28 heavy (non-hydrogen) atoms. The van der Waals surface area contributed by atoms with Crippen LogP contribution in [0.15, 0.2) is 46.9 Å². The predicted octanol–water partition coefficient (Wildman–Crippen LogP) is 6.12. The highest BCUT2D eigenvalue weighted by atomic mass is 79.9. The second-order valence-corrected chi connectivity index (χ2v) is 8.46. The number of amides is 1. The Bertz CT molecular complexity index is 929. The Hall–Kier alpha value is -1.18. The van der Waals surface area contributed by atoms with Gasteiger partial charge in [0.15, 0.2) is 5.13 Å². The second-order valence-electron chi connectivity index (χ2n) is 6.10. The zero-order chi connectivity index (χ0) is 19.4. The summed E-state index contributed by atoms with van der Waals surface area (Å²) in [6.45, 7) is 7.54. The summed E-state index contributed by atoms with van der Waals surface area (Å²) in [5.74, 6) is -0.0418. The monoisotopic (exact) mass is 501 g/mol. The Morgan fingerprint density at radius 3 is 2.43 bits per heavy atom. The Balaban J connectivity index is 0.00000280. The van der Waals surface area contributed by atoms with Crippen LogP contribution in [-0.2, 0) is 0 Å². The highest BCUT2D eigenvalue weighted by Crippen LogP contribution is 2.31. The van der Waals surface area contributed by atoms with Gasteiger partial charge in [0.05, 0.1) is 10.2 Å². The Labute approximate surface area is 189 Å². The standard InChI is InChI=1S/C20H21BrClN3OS.ClH/c1-3-24(4-2)11-12-25(19(26)14-5-7-15(21)8-6-14)20-23-17-10-9-16(22)13-18(17)27-20;/h5-10,13H,3-4,11-12H2,1-2H3;1H. The van der Waals surface area contributed by atoms with E-state index >= 15 is 0 Å². The highest BCUT2D eigenvalue weighted by molar-refractivity contribution is 9.10. The number of aromatic nitrogens is 1. The lowest BCUT2D eigenvalue weighted by Gasteiger charge is -2.24. The van der Waals surface area contributed by atoms with Crippen molar-refractivity contribution in [2.24, 2.45) is 0 Å². The number of anilines is 1. The lowest BCUT2D eigenvalue weighted by Crippen LogP contribution is -2.38. The van der Waals surface area contributed by atoms with Crippen LogP contribution in [0.1, 0.15) is 24.2 Å². The molecule has 0 atom stereocenters. The van der Waals surface area contributed by atoms with Crippen LogP contribution in [-0.4, -0.2) is 42.0 Å². The van der Waals surface area contributed by atoms with E-state index in [0.717, 1.165) is 34.3 Å². The summed E-state index contributed by atoms with van der Waals surface area (Å²) in [7, 11) is 0. The zero-order valence-corrected chi connectivity index (χ0v) is 19.7. The van der Waals surface area contributed by atoms with Gasteiger partial charge in [0.1, 0.15) is 0 Å². The highest BCUT2D eigenvalue weighted by Gasteiger charge is 2.22. The molecule has 1 heterocycles. The third-order valence-corrected chi connectivity index (χ3v) is 6.25. The maximum atomic E-state index is 13.2. The van der Waals surface area contributed by atoms with Gasteiger partial charge in [-0.15, -0.1) is 12.4 Å². The number of carbonyl (C=O) groups is 1. The van der Waals surface area contributed by atoms with Crippen molar-refractivity contribution in [2.75, 3.05) is 31.1 Å². The van der Waals surface area contributed by atoms with E-state index in [9.17, 15) is 4.79 Å². The van der Waals surface area contributed by atoms with Gasteiger partial charge in [-0.25, -0.2) is 4.98 Å². The number of likely N-dealkylation sites (N-methyl/N-ethyl adjacent to an activating group) is 1. The van der Waals surface area contributed by atoms with E-state index in [1.165, 1.54) is 11.3 Å². The summed E-state index contributed by atoms with van der Waals surface area (Å²) in [6.07, 6.45) is 0. The Kier molecular flexibility index (Phi) is 8.71. The number of hydrogen-bond acceptors (Lipinski definition) is 4. The fourth-order valence-corrected chi connectivity index (χ4v) is 4.35. The fraction of sp³-hybridized carbons (Fsp3) is 0.300. The van der Waals surface area contributed by atoms with Crippen molar-refractivity contribution < 1.29 is 4.79 Å². The van der Waals surface area contributed by atoms with Crippen molar-refractivity contribution in [3.63, 3.8) is 0 Å². The van der Waals surface area contributed by atoms with Crippen LogP contribution < -0.4 is 4.90 Å². The van der Waals surface area contributed by atoms with Crippen LogP contribution in [0, 0.1) is 0 Å². The Morgan fingerprint density at radius 1 is 1.11 bits per heavy atom. The van der Waals surface area contributed by atoms with Crippen LogP contribution in [0.4, 0.5) is 5.13 Å². The molecule has 0 bridgehead atoms. The predicted molar refractivity (Wildman–Crippen MR) is 125 cm³/mol. The van der Waals surface area contributed by atoms with Crippen molar-refractivity contribution in [1.82, 2.24) is 9.88 Å². The van der Waals surface area contributed by atoms with Crippen LogP contribution in [0.5, 0.6) is 0 Å². The van der Waals surface area contributed by atoms with Gasteiger partial charge in [-0.1, -0.05) is 52.7 Å². The molecule has 1 aromatic heterocycles. The number of nitrogens with zero attached hydrogens (tertiary/aromatic N) is 3. The minimum Gasteiger partial charge on any atom is -0.302 e. The minimum absolute atomic E-state index is 0. The molecule has 0 spiro atoms. The number of rotatable bonds is 7. The van der Waals surface area contributed by atoms with Crippen molar-refractivity contribution in [3.8, 4) is 0 Å². The largest absolute Gasteiger partial charge is 0.302 e. The number of thiazole rings is 1. The van der Waals surface area contributed by atoms with Crippen molar-refractivity contribution >= 4 is 72.5 Å². The summed E-state index contributed by atoms with van der Waals surface area (Å²) in [5.41, 5.74) is 1.51. The van der Waals surface area contributed by atoms with Gasteiger partial charge in [0.2, 0.25) is 0 Å². The first-order valence-electron chi connectivity index (χ1n) is 8.87. The van der Waals surface area contributed by atoms with E-state index in [0.29, 0.717) is 22.3 Å². The summed E-state index contributed by atoms with van der Waals surface area (Å²) in [5, 5.41) is 1.37. The molecule has 0 N–H and O–H groups in total. The fourth-order valence-electron chi connectivity index (χ4n) is 2.82. The molecule has 0 aliphatic carbocycles. The van der Waals surface area contributed by atoms with Crippen molar-refractivity contribution in [2.45, 2.75) is 13.8 Å². The SMILES string of the molecule is CCN(CC)CCN(C(=O)c1ccc(Br)cc1)c1nc2ccc(Cl)cc2s1.Cl. The molecule has 2 aromatic carbocycles. The minimum atomic E-state index is -0.0418. The molecule has 4 nitrogen and oxygen atoms in total. The lowest BCUT2D eigenvalue weighted by atomic mass is 10.2. The van der Waals surface area contributed by atoms with E-state index < -0.39 is 0 Å². The molecule has 1 amide bonds. The van der Waals surface area contributed by atoms with Crippen LogP contribution in [0.3, 0.4) is 0 Å². The van der Waals surface area contributed by atoms with Gasteiger partial charge in [-0.05, 0) is 55.6 Å². The molecule has 150 valence electrons. The summed E-state index contributed by atoms with van der Waals surface area (Å²) in [6, 6.07) is 13.0. The molecule has 3 rings (SSSR count). The molecule has 0 unspecified atom stereocenters. The first-order chi connectivity index (χ1) is 13.0. The van der Waals surface area contributed by atoms with Crippen LogP contribution >= 0.6 is 51.3 Å². The van der Waals surface area contributed by atoms with E-state index in [1.54, 1.807) is 4.90 Å². The van der Waals surface area contributed by atoms with Crippen LogP contribution in [0.25, 0.3) is 10.2 Å². The molecular formula is C20H22BrCl2N3OS. The molecule has 0 aliphatic rings. The lowest BCUT2D eigenvalue weighted by molar-refractivity contribution is 0.0984. The molecular weight excluding hydrogens is 481 g/mol. The zero-order valence-electron chi connectivity index (χ0n) is 15.7. The van der Waals surface area contributed by atoms with Crippen molar-refractivity contribution in [3.05, 3.63) is 57.5 Å². The van der Waals surface area contributed by atoms with E-state index in [2.05, 4.69) is 39.7 Å². The van der Waals surface area contributed by atoms with Gasteiger partial charge in [-0.3, -0.25) is 9.69 Å². The van der Waals surface area contributed by atoms with Gasteiger partial charge >= 0.3 is 0 Å². The maximum Gasteiger partial charge on any atom is 0.260 e. The van der Waals surface area contributed by atoms with Gasteiger partial charge < -0.3 is 4.90 Å². The van der Waals surface area contributed by atoms with Gasteiger partial charge in [-0.2, -0.15) is 0 Å².